The molecule has 7 heteroatoms. The Hall–Kier alpha value is -2.12. The van der Waals surface area contributed by atoms with Crippen LogP contribution in [-0.2, 0) is 16.7 Å². The Bertz CT molecular complexity index is 826. The van der Waals surface area contributed by atoms with Crippen LogP contribution >= 0.6 is 11.3 Å². The standard InChI is InChI=1S/C24H36N4O2S/c1-5-25-23(26-15-22-28-21(16-31-22)18(3)4)27-17-24(11-13-29-14-12-24)19-7-9-20(10-8-19)30-6-2/h7-10,16,18H,5-6,11-15,17H2,1-4H3,(H2,25,26,27). The summed E-state index contributed by atoms with van der Waals surface area (Å²) in [4.78, 5) is 9.50. The molecule has 1 aliphatic rings. The van der Waals surface area contributed by atoms with E-state index in [2.05, 4.69) is 61.1 Å². The van der Waals surface area contributed by atoms with E-state index in [1.54, 1.807) is 11.3 Å². The number of ether oxygens (including phenoxy) is 2. The van der Waals surface area contributed by atoms with Crippen molar-refractivity contribution in [3.8, 4) is 5.75 Å². The van der Waals surface area contributed by atoms with Gasteiger partial charge in [-0.15, -0.1) is 11.3 Å². The number of hydrogen-bond donors (Lipinski definition) is 2. The van der Waals surface area contributed by atoms with Gasteiger partial charge in [0.1, 0.15) is 10.8 Å². The van der Waals surface area contributed by atoms with Crippen molar-refractivity contribution in [3.63, 3.8) is 0 Å². The van der Waals surface area contributed by atoms with Crippen LogP contribution in [0, 0.1) is 0 Å². The number of nitrogens with one attached hydrogen (secondary N) is 2. The first kappa shape index (κ1) is 23.5. The molecule has 1 saturated heterocycles. The first-order valence-corrected chi connectivity index (χ1v) is 12.2. The van der Waals surface area contributed by atoms with Gasteiger partial charge in [-0.05, 0) is 50.3 Å². The van der Waals surface area contributed by atoms with Gasteiger partial charge >= 0.3 is 0 Å². The molecule has 2 N–H and O–H groups in total. The summed E-state index contributed by atoms with van der Waals surface area (Å²) in [7, 11) is 0. The molecule has 1 aliphatic heterocycles. The van der Waals surface area contributed by atoms with Crippen LogP contribution in [0.4, 0.5) is 0 Å². The van der Waals surface area contributed by atoms with E-state index in [-0.39, 0.29) is 5.41 Å². The number of guanidine groups is 1. The fourth-order valence-corrected chi connectivity index (χ4v) is 4.68. The van der Waals surface area contributed by atoms with Crippen molar-refractivity contribution >= 4 is 17.3 Å². The Balaban J connectivity index is 1.71. The minimum atomic E-state index is 0.0190. The lowest BCUT2D eigenvalue weighted by Gasteiger charge is -2.38. The van der Waals surface area contributed by atoms with Gasteiger partial charge in [-0.25, -0.2) is 9.98 Å². The highest BCUT2D eigenvalue weighted by Gasteiger charge is 2.34. The summed E-state index contributed by atoms with van der Waals surface area (Å²) in [6.07, 6.45) is 1.97. The molecule has 6 nitrogen and oxygen atoms in total. The summed E-state index contributed by atoms with van der Waals surface area (Å²) in [6.45, 7) is 12.9. The van der Waals surface area contributed by atoms with E-state index in [4.69, 9.17) is 19.5 Å². The average molecular weight is 445 g/mol. The maximum absolute atomic E-state index is 5.68. The normalized spacial score (nSPS) is 16.4. The van der Waals surface area contributed by atoms with E-state index >= 15 is 0 Å². The highest BCUT2D eigenvalue weighted by molar-refractivity contribution is 7.09. The quantitative estimate of drug-likeness (QED) is 0.441. The summed E-state index contributed by atoms with van der Waals surface area (Å²) >= 11 is 1.68. The van der Waals surface area contributed by atoms with Crippen LogP contribution in [0.3, 0.4) is 0 Å². The molecule has 31 heavy (non-hydrogen) atoms. The van der Waals surface area contributed by atoms with Crippen molar-refractivity contribution in [2.24, 2.45) is 4.99 Å². The third kappa shape index (κ3) is 6.43. The van der Waals surface area contributed by atoms with Gasteiger partial charge in [-0.1, -0.05) is 26.0 Å². The minimum Gasteiger partial charge on any atom is -0.494 e. The lowest BCUT2D eigenvalue weighted by Crippen LogP contribution is -2.48. The fraction of sp³-hybridized carbons (Fsp3) is 0.583. The van der Waals surface area contributed by atoms with Crippen molar-refractivity contribution in [3.05, 3.63) is 45.9 Å². The fourth-order valence-electron chi connectivity index (χ4n) is 3.81. The molecule has 0 saturated carbocycles. The Labute approximate surface area is 190 Å². The first-order chi connectivity index (χ1) is 15.1. The molecular formula is C24H36N4O2S. The third-order valence-corrected chi connectivity index (χ3v) is 6.55. The number of rotatable bonds is 9. The van der Waals surface area contributed by atoms with E-state index in [1.807, 2.05) is 6.92 Å². The van der Waals surface area contributed by atoms with E-state index in [9.17, 15) is 0 Å². The average Bonchev–Trinajstić information content (AvgIpc) is 3.27. The predicted octanol–water partition coefficient (Wildman–Crippen LogP) is 4.47. The molecule has 0 spiro atoms. The molecule has 1 aromatic carbocycles. The van der Waals surface area contributed by atoms with Crippen LogP contribution in [0.5, 0.6) is 5.75 Å². The lowest BCUT2D eigenvalue weighted by molar-refractivity contribution is 0.0513. The predicted molar refractivity (Wildman–Crippen MR) is 128 cm³/mol. The molecule has 1 aromatic heterocycles. The molecule has 0 amide bonds. The van der Waals surface area contributed by atoms with Gasteiger partial charge in [0.2, 0.25) is 0 Å². The highest BCUT2D eigenvalue weighted by atomic mass is 32.1. The first-order valence-electron chi connectivity index (χ1n) is 11.3. The third-order valence-electron chi connectivity index (χ3n) is 5.70. The zero-order chi connectivity index (χ0) is 22.1. The summed E-state index contributed by atoms with van der Waals surface area (Å²) in [5.41, 5.74) is 2.49. The minimum absolute atomic E-state index is 0.0190. The zero-order valence-electron chi connectivity index (χ0n) is 19.2. The van der Waals surface area contributed by atoms with Gasteiger partial charge in [-0.2, -0.15) is 0 Å². The van der Waals surface area contributed by atoms with E-state index in [0.29, 0.717) is 19.1 Å². The zero-order valence-corrected chi connectivity index (χ0v) is 20.1. The molecule has 170 valence electrons. The molecule has 2 heterocycles. The van der Waals surface area contributed by atoms with Gasteiger partial charge in [0.25, 0.3) is 0 Å². The topological polar surface area (TPSA) is 67.8 Å². The van der Waals surface area contributed by atoms with Crippen molar-refractivity contribution in [2.45, 2.75) is 58.4 Å². The van der Waals surface area contributed by atoms with Gasteiger partial charge < -0.3 is 20.1 Å². The molecule has 1 fully saturated rings. The molecule has 0 aliphatic carbocycles. The number of thiazole rings is 1. The number of aliphatic imine (C=N–C) groups is 1. The van der Waals surface area contributed by atoms with Gasteiger partial charge in [0.15, 0.2) is 5.96 Å². The second kappa shape index (κ2) is 11.5. The van der Waals surface area contributed by atoms with Crippen LogP contribution < -0.4 is 15.4 Å². The van der Waals surface area contributed by atoms with Gasteiger partial charge in [0, 0.05) is 37.1 Å². The van der Waals surface area contributed by atoms with Crippen molar-refractivity contribution in [1.29, 1.82) is 0 Å². The van der Waals surface area contributed by atoms with E-state index < -0.39 is 0 Å². The second-order valence-corrected chi connectivity index (χ2v) is 9.16. The van der Waals surface area contributed by atoms with Crippen LogP contribution in [-0.4, -0.2) is 43.9 Å². The maximum Gasteiger partial charge on any atom is 0.191 e. The summed E-state index contributed by atoms with van der Waals surface area (Å²) < 4.78 is 11.3. The maximum atomic E-state index is 5.68. The smallest absolute Gasteiger partial charge is 0.191 e. The Morgan fingerprint density at radius 2 is 1.94 bits per heavy atom. The van der Waals surface area contributed by atoms with Gasteiger partial charge in [0.05, 0.1) is 18.8 Å². The summed E-state index contributed by atoms with van der Waals surface area (Å²) in [5.74, 6) is 2.20. The van der Waals surface area contributed by atoms with Crippen LogP contribution in [0.25, 0.3) is 0 Å². The number of aromatic nitrogens is 1. The molecule has 3 rings (SSSR count). The number of nitrogens with zero attached hydrogens (tertiary/aromatic N) is 2. The number of benzene rings is 1. The van der Waals surface area contributed by atoms with E-state index in [1.165, 1.54) is 5.56 Å². The van der Waals surface area contributed by atoms with Gasteiger partial charge in [-0.3, -0.25) is 0 Å². The van der Waals surface area contributed by atoms with Crippen molar-refractivity contribution in [2.75, 3.05) is 32.9 Å². The van der Waals surface area contributed by atoms with Crippen LogP contribution in [0.15, 0.2) is 34.6 Å². The molecular weight excluding hydrogens is 408 g/mol. The second-order valence-electron chi connectivity index (χ2n) is 8.22. The molecule has 0 radical (unpaired) electrons. The Kier molecular flexibility index (Phi) is 8.72. The van der Waals surface area contributed by atoms with Crippen LogP contribution in [0.2, 0.25) is 0 Å². The molecule has 0 bridgehead atoms. The summed E-state index contributed by atoms with van der Waals surface area (Å²) in [6, 6.07) is 8.55. The SMILES string of the molecule is CCNC(=NCc1nc(C(C)C)cs1)NCC1(c2ccc(OCC)cc2)CCOCC1. The Morgan fingerprint density at radius 3 is 2.55 bits per heavy atom. The Morgan fingerprint density at radius 1 is 1.19 bits per heavy atom. The number of hydrogen-bond acceptors (Lipinski definition) is 5. The monoisotopic (exact) mass is 444 g/mol. The van der Waals surface area contributed by atoms with E-state index in [0.717, 1.165) is 61.6 Å². The highest BCUT2D eigenvalue weighted by Crippen LogP contribution is 2.35. The molecule has 2 aromatic rings. The molecule has 0 unspecified atom stereocenters. The van der Waals surface area contributed by atoms with Crippen molar-refractivity contribution in [1.82, 2.24) is 15.6 Å². The summed E-state index contributed by atoms with van der Waals surface area (Å²) in [5, 5.41) is 10.2. The lowest BCUT2D eigenvalue weighted by atomic mass is 9.74. The van der Waals surface area contributed by atoms with Crippen LogP contribution in [0.1, 0.15) is 62.7 Å². The molecule has 0 atom stereocenters. The largest absolute Gasteiger partial charge is 0.494 e. The van der Waals surface area contributed by atoms with Crippen molar-refractivity contribution < 1.29 is 9.47 Å².